The van der Waals surface area contributed by atoms with Crippen LogP contribution in [-0.2, 0) is 10.0 Å². The lowest BCUT2D eigenvalue weighted by molar-refractivity contribution is 0.521. The second kappa shape index (κ2) is 6.93. The van der Waals surface area contributed by atoms with Crippen LogP contribution in [0.15, 0.2) is 41.4 Å². The van der Waals surface area contributed by atoms with Crippen molar-refractivity contribution in [2.75, 3.05) is 24.7 Å². The third-order valence-corrected chi connectivity index (χ3v) is 5.56. The average Bonchev–Trinajstić information content (AvgIpc) is 3.03. The van der Waals surface area contributed by atoms with Gasteiger partial charge in [-0.25, -0.2) is 12.7 Å². The summed E-state index contributed by atoms with van der Waals surface area (Å²) in [5.74, 6) is 1.16. The summed E-state index contributed by atoms with van der Waals surface area (Å²) in [5.41, 5.74) is 1.42. The molecule has 0 radical (unpaired) electrons. The third kappa shape index (κ3) is 3.63. The summed E-state index contributed by atoms with van der Waals surface area (Å²) in [6.07, 6.45) is 1.82. The normalized spacial score (nSPS) is 12.1. The maximum absolute atomic E-state index is 12.1. The fourth-order valence-electron chi connectivity index (χ4n) is 2.43. The first-order valence-electron chi connectivity index (χ1n) is 8.18. The monoisotopic (exact) mass is 374 g/mol. The fourth-order valence-corrected chi connectivity index (χ4v) is 3.33. The molecule has 0 aliphatic heterocycles. The molecule has 26 heavy (non-hydrogen) atoms. The average molecular weight is 374 g/mol. The Bertz CT molecular complexity index is 1010. The van der Waals surface area contributed by atoms with Crippen LogP contribution in [0.5, 0.6) is 0 Å². The molecule has 0 unspecified atom stereocenters. The number of aromatic nitrogens is 3. The van der Waals surface area contributed by atoms with Gasteiger partial charge in [0.1, 0.15) is 11.5 Å². The van der Waals surface area contributed by atoms with E-state index in [9.17, 15) is 8.42 Å². The summed E-state index contributed by atoms with van der Waals surface area (Å²) in [5, 5.41) is 7.34. The number of nitrogens with one attached hydrogen (secondary N) is 3. The molecule has 2 heterocycles. The Morgan fingerprint density at radius 3 is 2.38 bits per heavy atom. The predicted molar refractivity (Wildman–Crippen MR) is 103 cm³/mol. The minimum absolute atomic E-state index is 0.228. The molecule has 3 N–H and O–H groups in total. The molecule has 0 saturated heterocycles. The number of hydrogen-bond donors (Lipinski definition) is 3. The van der Waals surface area contributed by atoms with E-state index in [1.807, 2.05) is 26.1 Å². The second-order valence-corrected chi connectivity index (χ2v) is 8.52. The van der Waals surface area contributed by atoms with Crippen molar-refractivity contribution in [3.05, 3.63) is 36.5 Å². The molecule has 8 nitrogen and oxygen atoms in total. The van der Waals surface area contributed by atoms with Crippen molar-refractivity contribution in [3.63, 3.8) is 0 Å². The van der Waals surface area contributed by atoms with E-state index in [1.165, 1.54) is 18.4 Å². The van der Waals surface area contributed by atoms with Crippen LogP contribution in [-0.4, -0.2) is 47.8 Å². The van der Waals surface area contributed by atoms with E-state index in [0.717, 1.165) is 16.9 Å². The summed E-state index contributed by atoms with van der Waals surface area (Å²) >= 11 is 0. The standard InChI is InChI=1S/C17H22N6O2S/c1-11(2)19-16-14-9-10-18-15(14)21-17(22-16)20-12-5-7-13(8-6-12)26(24,25)23(3)4/h5-11H,1-4H3,(H3,18,19,20,21,22). The van der Waals surface area contributed by atoms with Crippen LogP contribution >= 0.6 is 0 Å². The molecule has 0 fully saturated rings. The van der Waals surface area contributed by atoms with Gasteiger partial charge < -0.3 is 15.6 Å². The number of fused-ring (bicyclic) bond motifs is 1. The lowest BCUT2D eigenvalue weighted by atomic mass is 10.3. The van der Waals surface area contributed by atoms with Crippen LogP contribution in [0.1, 0.15) is 13.8 Å². The largest absolute Gasteiger partial charge is 0.367 e. The molecule has 3 aromatic rings. The van der Waals surface area contributed by atoms with Gasteiger partial charge in [-0.15, -0.1) is 0 Å². The first kappa shape index (κ1) is 18.2. The van der Waals surface area contributed by atoms with Crippen molar-refractivity contribution in [2.24, 2.45) is 0 Å². The number of H-pyrrole nitrogens is 1. The van der Waals surface area contributed by atoms with Gasteiger partial charge in [-0.3, -0.25) is 0 Å². The van der Waals surface area contributed by atoms with Crippen molar-refractivity contribution < 1.29 is 8.42 Å². The van der Waals surface area contributed by atoms with Gasteiger partial charge in [-0.05, 0) is 44.2 Å². The minimum atomic E-state index is -3.45. The Kier molecular flexibility index (Phi) is 4.84. The maximum atomic E-state index is 12.1. The summed E-state index contributed by atoms with van der Waals surface area (Å²) in [6, 6.07) is 8.63. The lowest BCUT2D eigenvalue weighted by Crippen LogP contribution is -2.22. The van der Waals surface area contributed by atoms with Crippen molar-refractivity contribution in [2.45, 2.75) is 24.8 Å². The summed E-state index contributed by atoms with van der Waals surface area (Å²) in [6.45, 7) is 4.08. The lowest BCUT2D eigenvalue weighted by Gasteiger charge is -2.13. The zero-order valence-corrected chi connectivity index (χ0v) is 15.9. The third-order valence-electron chi connectivity index (χ3n) is 3.73. The molecule has 0 bridgehead atoms. The summed E-state index contributed by atoms with van der Waals surface area (Å²) < 4.78 is 25.5. The molecular weight excluding hydrogens is 352 g/mol. The summed E-state index contributed by atoms with van der Waals surface area (Å²) in [7, 11) is -0.440. The fraction of sp³-hybridized carbons (Fsp3) is 0.294. The highest BCUT2D eigenvalue weighted by Crippen LogP contribution is 2.24. The maximum Gasteiger partial charge on any atom is 0.242 e. The Morgan fingerprint density at radius 1 is 1.08 bits per heavy atom. The molecule has 9 heteroatoms. The number of hydrogen-bond acceptors (Lipinski definition) is 6. The Balaban J connectivity index is 1.89. The van der Waals surface area contributed by atoms with Crippen LogP contribution in [0.3, 0.4) is 0 Å². The Hall–Kier alpha value is -2.65. The van der Waals surface area contributed by atoms with Crippen LogP contribution in [0, 0.1) is 0 Å². The zero-order chi connectivity index (χ0) is 18.9. The van der Waals surface area contributed by atoms with Gasteiger partial charge >= 0.3 is 0 Å². The first-order chi connectivity index (χ1) is 12.3. The number of nitrogens with zero attached hydrogens (tertiary/aromatic N) is 3. The van der Waals surface area contributed by atoms with E-state index in [4.69, 9.17) is 0 Å². The molecule has 1 aromatic carbocycles. The molecule has 138 valence electrons. The highest BCUT2D eigenvalue weighted by molar-refractivity contribution is 7.89. The van der Waals surface area contributed by atoms with Crippen LogP contribution < -0.4 is 10.6 Å². The SMILES string of the molecule is CC(C)Nc1nc(Nc2ccc(S(=O)(=O)N(C)C)cc2)nc2[nH]ccc12. The van der Waals surface area contributed by atoms with Crippen molar-refractivity contribution in [1.29, 1.82) is 0 Å². The number of benzene rings is 1. The number of anilines is 3. The quantitative estimate of drug-likeness (QED) is 0.613. The van der Waals surface area contributed by atoms with Crippen molar-refractivity contribution in [3.8, 4) is 0 Å². The van der Waals surface area contributed by atoms with Crippen molar-refractivity contribution >= 4 is 38.5 Å². The molecule has 0 atom stereocenters. The Labute approximate surface area is 152 Å². The van der Waals surface area contributed by atoms with Crippen LogP contribution in [0.4, 0.5) is 17.5 Å². The number of sulfonamides is 1. The van der Waals surface area contributed by atoms with Gasteiger partial charge in [0.25, 0.3) is 0 Å². The smallest absolute Gasteiger partial charge is 0.242 e. The highest BCUT2D eigenvalue weighted by Gasteiger charge is 2.17. The van der Waals surface area contributed by atoms with Crippen molar-refractivity contribution in [1.82, 2.24) is 19.3 Å². The Morgan fingerprint density at radius 2 is 1.77 bits per heavy atom. The van der Waals surface area contributed by atoms with Crippen LogP contribution in [0.25, 0.3) is 11.0 Å². The van der Waals surface area contributed by atoms with Gasteiger partial charge in [-0.2, -0.15) is 9.97 Å². The number of rotatable bonds is 6. The van der Waals surface area contributed by atoms with E-state index in [1.54, 1.807) is 24.3 Å². The first-order valence-corrected chi connectivity index (χ1v) is 9.62. The molecule has 0 aliphatic rings. The van der Waals surface area contributed by atoms with Gasteiger partial charge in [0.2, 0.25) is 16.0 Å². The molecule has 0 amide bonds. The van der Waals surface area contributed by atoms with Gasteiger partial charge in [0.05, 0.1) is 10.3 Å². The highest BCUT2D eigenvalue weighted by atomic mass is 32.2. The van der Waals surface area contributed by atoms with E-state index in [2.05, 4.69) is 25.6 Å². The number of aromatic amines is 1. The molecule has 0 saturated carbocycles. The van der Waals surface area contributed by atoms with Crippen LogP contribution in [0.2, 0.25) is 0 Å². The topological polar surface area (TPSA) is 103 Å². The minimum Gasteiger partial charge on any atom is -0.367 e. The second-order valence-electron chi connectivity index (χ2n) is 6.37. The van der Waals surface area contributed by atoms with E-state index in [-0.39, 0.29) is 10.9 Å². The molecule has 0 spiro atoms. The molecule has 3 rings (SSSR count). The van der Waals surface area contributed by atoms with Gasteiger partial charge in [-0.1, -0.05) is 0 Å². The predicted octanol–water partition coefficient (Wildman–Crippen LogP) is 2.77. The van der Waals surface area contributed by atoms with E-state index in [0.29, 0.717) is 11.6 Å². The van der Waals surface area contributed by atoms with E-state index >= 15 is 0 Å². The molecule has 2 aromatic heterocycles. The van der Waals surface area contributed by atoms with E-state index < -0.39 is 10.0 Å². The summed E-state index contributed by atoms with van der Waals surface area (Å²) in [4.78, 5) is 12.3. The van der Waals surface area contributed by atoms with Gasteiger partial charge in [0, 0.05) is 32.0 Å². The van der Waals surface area contributed by atoms with Gasteiger partial charge in [0.15, 0.2) is 0 Å². The molecular formula is C17H22N6O2S. The molecule has 0 aliphatic carbocycles. The zero-order valence-electron chi connectivity index (χ0n) is 15.1.